The number of nitrogens with two attached hydrogens (primary N) is 1. The van der Waals surface area contributed by atoms with Crippen molar-refractivity contribution in [1.82, 2.24) is 10.1 Å². The molecule has 0 aliphatic rings. The van der Waals surface area contributed by atoms with Crippen molar-refractivity contribution >= 4 is 0 Å². The Morgan fingerprint density at radius 2 is 2.06 bits per heavy atom. The van der Waals surface area contributed by atoms with Crippen LogP contribution in [0.5, 0.6) is 0 Å². The summed E-state index contributed by atoms with van der Waals surface area (Å²) in [5.74, 6) is 0.769. The molecule has 104 valence electrons. The Balaban J connectivity index is 2.44. The highest BCUT2D eigenvalue weighted by Crippen LogP contribution is 2.29. The SMILES string of the molecule is CC(C)(C)C(N)c1nc(CCOCC(F)F)no1. The van der Waals surface area contributed by atoms with Crippen LogP contribution in [0.4, 0.5) is 8.78 Å². The van der Waals surface area contributed by atoms with Crippen LogP contribution in [-0.2, 0) is 11.2 Å². The Hall–Kier alpha value is -1.08. The van der Waals surface area contributed by atoms with Crippen molar-refractivity contribution in [3.63, 3.8) is 0 Å². The molecule has 1 heterocycles. The molecule has 0 saturated carbocycles. The molecule has 1 unspecified atom stereocenters. The van der Waals surface area contributed by atoms with E-state index >= 15 is 0 Å². The Bertz CT molecular complexity index is 363. The van der Waals surface area contributed by atoms with E-state index in [4.69, 9.17) is 15.0 Å². The van der Waals surface area contributed by atoms with Crippen molar-refractivity contribution in [3.8, 4) is 0 Å². The number of hydrogen-bond donors (Lipinski definition) is 1. The maximum Gasteiger partial charge on any atom is 0.261 e. The molecular weight excluding hydrogens is 244 g/mol. The van der Waals surface area contributed by atoms with Crippen LogP contribution in [0.15, 0.2) is 4.52 Å². The highest BCUT2D eigenvalue weighted by atomic mass is 19.3. The molecule has 0 bridgehead atoms. The van der Waals surface area contributed by atoms with E-state index in [1.165, 1.54) is 0 Å². The Kier molecular flexibility index (Phi) is 5.15. The summed E-state index contributed by atoms with van der Waals surface area (Å²) >= 11 is 0. The second-order valence-corrected chi connectivity index (χ2v) is 5.11. The summed E-state index contributed by atoms with van der Waals surface area (Å²) in [6.45, 7) is 5.45. The first-order valence-electron chi connectivity index (χ1n) is 5.74. The standard InChI is InChI=1S/C11H19F2N3O2/c1-11(2,3)9(14)10-15-8(16-18-10)4-5-17-6-7(12)13/h7,9H,4-6,14H2,1-3H3. The maximum absolute atomic E-state index is 11.8. The summed E-state index contributed by atoms with van der Waals surface area (Å²) in [6, 6.07) is -0.360. The van der Waals surface area contributed by atoms with Gasteiger partial charge in [0.15, 0.2) is 5.82 Å². The molecule has 1 atom stereocenters. The fourth-order valence-corrected chi connectivity index (χ4v) is 1.20. The van der Waals surface area contributed by atoms with Crippen LogP contribution >= 0.6 is 0 Å². The largest absolute Gasteiger partial charge is 0.375 e. The molecular formula is C11H19F2N3O2. The van der Waals surface area contributed by atoms with Gasteiger partial charge in [-0.2, -0.15) is 4.98 Å². The summed E-state index contributed by atoms with van der Waals surface area (Å²) in [7, 11) is 0. The normalized spacial score (nSPS) is 14.2. The maximum atomic E-state index is 11.8. The first kappa shape index (κ1) is 15.0. The van der Waals surface area contributed by atoms with Gasteiger partial charge in [0.1, 0.15) is 6.61 Å². The minimum Gasteiger partial charge on any atom is -0.375 e. The second-order valence-electron chi connectivity index (χ2n) is 5.11. The summed E-state index contributed by atoms with van der Waals surface area (Å²) in [4.78, 5) is 4.12. The topological polar surface area (TPSA) is 74.2 Å². The molecule has 0 aromatic carbocycles. The summed E-state index contributed by atoms with van der Waals surface area (Å²) in [6.07, 6.45) is -2.13. The van der Waals surface area contributed by atoms with Crippen LogP contribution in [0.1, 0.15) is 38.5 Å². The minimum atomic E-state index is -2.46. The summed E-state index contributed by atoms with van der Waals surface area (Å²) in [5, 5.41) is 3.73. The second kappa shape index (κ2) is 6.19. The average molecular weight is 263 g/mol. The molecule has 0 saturated heterocycles. The lowest BCUT2D eigenvalue weighted by Gasteiger charge is -2.23. The number of alkyl halides is 2. The van der Waals surface area contributed by atoms with Gasteiger partial charge in [-0.1, -0.05) is 25.9 Å². The van der Waals surface area contributed by atoms with Gasteiger partial charge >= 0.3 is 0 Å². The highest BCUT2D eigenvalue weighted by molar-refractivity contribution is 4.96. The van der Waals surface area contributed by atoms with Crippen molar-refractivity contribution < 1.29 is 18.0 Å². The van der Waals surface area contributed by atoms with Crippen molar-refractivity contribution in [2.24, 2.45) is 11.1 Å². The number of rotatable bonds is 6. The molecule has 0 radical (unpaired) electrons. The van der Waals surface area contributed by atoms with E-state index in [0.717, 1.165) is 0 Å². The Labute approximate surface area is 105 Å². The molecule has 0 fully saturated rings. The van der Waals surface area contributed by atoms with Crippen LogP contribution in [0.2, 0.25) is 0 Å². The van der Waals surface area contributed by atoms with Crippen LogP contribution in [0.3, 0.4) is 0 Å². The van der Waals surface area contributed by atoms with Gasteiger partial charge in [0.2, 0.25) is 5.89 Å². The molecule has 1 aromatic rings. The molecule has 0 aliphatic heterocycles. The van der Waals surface area contributed by atoms with Gasteiger partial charge in [-0.15, -0.1) is 0 Å². The molecule has 0 spiro atoms. The van der Waals surface area contributed by atoms with Gasteiger partial charge in [0.05, 0.1) is 12.6 Å². The fourth-order valence-electron chi connectivity index (χ4n) is 1.20. The molecule has 7 heteroatoms. The molecule has 18 heavy (non-hydrogen) atoms. The monoisotopic (exact) mass is 263 g/mol. The predicted molar refractivity (Wildman–Crippen MR) is 61.2 cm³/mol. The van der Waals surface area contributed by atoms with Gasteiger partial charge in [-0.25, -0.2) is 8.78 Å². The zero-order valence-electron chi connectivity index (χ0n) is 10.8. The third-order valence-electron chi connectivity index (χ3n) is 2.40. The quantitative estimate of drug-likeness (QED) is 0.794. The predicted octanol–water partition coefficient (Wildman–Crippen LogP) is 1.94. The Morgan fingerprint density at radius 1 is 1.39 bits per heavy atom. The smallest absolute Gasteiger partial charge is 0.261 e. The number of aromatic nitrogens is 2. The third-order valence-corrected chi connectivity index (χ3v) is 2.40. The number of hydrogen-bond acceptors (Lipinski definition) is 5. The lowest BCUT2D eigenvalue weighted by molar-refractivity contribution is 0.0182. The van der Waals surface area contributed by atoms with Crippen LogP contribution < -0.4 is 5.73 Å². The van der Waals surface area contributed by atoms with E-state index in [0.29, 0.717) is 18.1 Å². The van der Waals surface area contributed by atoms with Crippen LogP contribution in [0.25, 0.3) is 0 Å². The van der Waals surface area contributed by atoms with Crippen molar-refractivity contribution in [2.75, 3.05) is 13.2 Å². The molecule has 5 nitrogen and oxygen atoms in total. The summed E-state index contributed by atoms with van der Waals surface area (Å²) in [5.41, 5.74) is 5.77. The highest BCUT2D eigenvalue weighted by Gasteiger charge is 2.27. The zero-order valence-corrected chi connectivity index (χ0v) is 10.8. The molecule has 1 rings (SSSR count). The van der Waals surface area contributed by atoms with Gasteiger partial charge in [-0.05, 0) is 5.41 Å². The fraction of sp³-hybridized carbons (Fsp3) is 0.818. The average Bonchev–Trinajstić information content (AvgIpc) is 2.70. The van der Waals surface area contributed by atoms with E-state index < -0.39 is 13.0 Å². The number of halogens is 2. The van der Waals surface area contributed by atoms with E-state index in [1.54, 1.807) is 0 Å². The van der Waals surface area contributed by atoms with Crippen LogP contribution in [-0.4, -0.2) is 29.8 Å². The molecule has 2 N–H and O–H groups in total. The molecule has 0 aliphatic carbocycles. The summed E-state index contributed by atoms with van der Waals surface area (Å²) < 4.78 is 33.4. The molecule has 1 aromatic heterocycles. The van der Waals surface area contributed by atoms with Crippen molar-refractivity contribution in [2.45, 2.75) is 39.7 Å². The van der Waals surface area contributed by atoms with E-state index in [1.807, 2.05) is 20.8 Å². The van der Waals surface area contributed by atoms with E-state index in [9.17, 15) is 8.78 Å². The minimum absolute atomic E-state index is 0.133. The van der Waals surface area contributed by atoms with Gasteiger partial charge < -0.3 is 15.0 Å². The zero-order chi connectivity index (χ0) is 13.8. The van der Waals surface area contributed by atoms with Gasteiger partial charge in [0, 0.05) is 6.42 Å². The van der Waals surface area contributed by atoms with Gasteiger partial charge in [-0.3, -0.25) is 0 Å². The first-order valence-corrected chi connectivity index (χ1v) is 5.74. The number of nitrogens with zero attached hydrogens (tertiary/aromatic N) is 2. The lowest BCUT2D eigenvalue weighted by Crippen LogP contribution is -2.26. The van der Waals surface area contributed by atoms with Gasteiger partial charge in [0.25, 0.3) is 6.43 Å². The van der Waals surface area contributed by atoms with Crippen LogP contribution in [0, 0.1) is 5.41 Å². The van der Waals surface area contributed by atoms with E-state index in [2.05, 4.69) is 10.1 Å². The van der Waals surface area contributed by atoms with Crippen molar-refractivity contribution in [3.05, 3.63) is 11.7 Å². The molecule has 0 amide bonds. The number of ether oxygens (including phenoxy) is 1. The first-order chi connectivity index (χ1) is 8.30. The third kappa shape index (κ3) is 4.66. The lowest BCUT2D eigenvalue weighted by atomic mass is 9.87. The van der Waals surface area contributed by atoms with E-state index in [-0.39, 0.29) is 18.1 Å². The van der Waals surface area contributed by atoms with Crippen molar-refractivity contribution in [1.29, 1.82) is 0 Å². The Morgan fingerprint density at radius 3 is 2.61 bits per heavy atom.